The van der Waals surface area contributed by atoms with Gasteiger partial charge in [0.2, 0.25) is 0 Å². The molecule has 6 atom stereocenters. The lowest BCUT2D eigenvalue weighted by molar-refractivity contribution is -0.102. The van der Waals surface area contributed by atoms with E-state index in [1.807, 2.05) is 0 Å². The van der Waals surface area contributed by atoms with Gasteiger partial charge in [-0.3, -0.25) is 0 Å². The van der Waals surface area contributed by atoms with Crippen LogP contribution in [0.2, 0.25) is 0 Å². The molecular formula is C29H56O2. The van der Waals surface area contributed by atoms with E-state index in [1.54, 1.807) is 0 Å². The van der Waals surface area contributed by atoms with Crippen molar-refractivity contribution in [3.05, 3.63) is 0 Å². The highest BCUT2D eigenvalue weighted by Crippen LogP contribution is 2.53. The van der Waals surface area contributed by atoms with Gasteiger partial charge in [0.25, 0.3) is 0 Å². The Morgan fingerprint density at radius 3 is 0.806 bits per heavy atom. The fraction of sp³-hybridized carbons (Fsp3) is 1.00. The van der Waals surface area contributed by atoms with Gasteiger partial charge in [0.15, 0.2) is 0 Å². The lowest BCUT2D eigenvalue weighted by atomic mass is 9.55. The smallest absolute Gasteiger partial charge is 0.0606 e. The van der Waals surface area contributed by atoms with E-state index < -0.39 is 0 Å². The summed E-state index contributed by atoms with van der Waals surface area (Å²) in [4.78, 5) is 0. The summed E-state index contributed by atoms with van der Waals surface area (Å²) in [6.07, 6.45) is 5.46. The molecule has 0 aliphatic heterocycles. The molecule has 0 spiro atoms. The fourth-order valence-electron chi connectivity index (χ4n) is 7.07. The van der Waals surface area contributed by atoms with E-state index in [0.29, 0.717) is 35.5 Å². The van der Waals surface area contributed by atoms with Crippen LogP contribution in [0.25, 0.3) is 0 Å². The first-order valence-corrected chi connectivity index (χ1v) is 13.1. The van der Waals surface area contributed by atoms with E-state index >= 15 is 0 Å². The normalized spacial score (nSPS) is 38.9. The fourth-order valence-corrected chi connectivity index (χ4v) is 7.07. The Bertz CT molecular complexity index is 480. The minimum Gasteiger partial charge on any atom is -0.393 e. The molecule has 0 aromatic carbocycles. The van der Waals surface area contributed by atoms with Crippen LogP contribution in [0.1, 0.15) is 115 Å². The molecule has 5 unspecified atom stereocenters. The van der Waals surface area contributed by atoms with E-state index in [4.69, 9.17) is 0 Å². The van der Waals surface area contributed by atoms with Crippen LogP contribution in [0.3, 0.4) is 0 Å². The topological polar surface area (TPSA) is 40.5 Å². The van der Waals surface area contributed by atoms with Crippen LogP contribution >= 0.6 is 0 Å². The zero-order valence-corrected chi connectivity index (χ0v) is 23.0. The summed E-state index contributed by atoms with van der Waals surface area (Å²) in [5, 5.41) is 22.6. The van der Waals surface area contributed by atoms with Crippen molar-refractivity contribution >= 4 is 0 Å². The van der Waals surface area contributed by atoms with E-state index in [2.05, 4.69) is 83.1 Å². The van der Waals surface area contributed by atoms with Crippen molar-refractivity contribution in [3.8, 4) is 0 Å². The quantitative estimate of drug-likeness (QED) is 0.468. The summed E-state index contributed by atoms with van der Waals surface area (Å²) in [5.74, 6) is 2.81. The molecule has 184 valence electrons. The van der Waals surface area contributed by atoms with Crippen LogP contribution in [0.4, 0.5) is 0 Å². The van der Waals surface area contributed by atoms with Crippen LogP contribution in [-0.2, 0) is 0 Å². The van der Waals surface area contributed by atoms with Crippen molar-refractivity contribution in [2.75, 3.05) is 0 Å². The third-order valence-electron chi connectivity index (χ3n) is 9.11. The molecule has 0 aromatic heterocycles. The van der Waals surface area contributed by atoms with Crippen LogP contribution < -0.4 is 0 Å². The van der Waals surface area contributed by atoms with Crippen molar-refractivity contribution in [1.82, 2.24) is 0 Å². The Morgan fingerprint density at radius 2 is 0.645 bits per heavy atom. The highest BCUT2D eigenvalue weighted by atomic mass is 16.3. The molecule has 2 aliphatic rings. The van der Waals surface area contributed by atoms with Gasteiger partial charge in [0.1, 0.15) is 0 Å². The van der Waals surface area contributed by atoms with Gasteiger partial charge in [-0.05, 0) is 89.3 Å². The molecule has 0 amide bonds. The Morgan fingerprint density at radius 1 is 0.452 bits per heavy atom. The van der Waals surface area contributed by atoms with E-state index in [9.17, 15) is 10.2 Å². The van der Waals surface area contributed by atoms with Gasteiger partial charge >= 0.3 is 0 Å². The van der Waals surface area contributed by atoms with Gasteiger partial charge in [-0.2, -0.15) is 0 Å². The highest BCUT2D eigenvalue weighted by molar-refractivity contribution is 4.99. The second-order valence-corrected chi connectivity index (χ2v) is 15.8. The van der Waals surface area contributed by atoms with Crippen molar-refractivity contribution in [2.24, 2.45) is 57.2 Å². The van der Waals surface area contributed by atoms with Crippen molar-refractivity contribution in [3.63, 3.8) is 0 Å². The Labute approximate surface area is 195 Å². The predicted molar refractivity (Wildman–Crippen MR) is 134 cm³/mol. The first-order chi connectivity index (χ1) is 13.7. The molecule has 2 saturated carbocycles. The highest BCUT2D eigenvalue weighted by Gasteiger charge is 2.49. The number of rotatable bonds is 2. The maximum absolute atomic E-state index is 11.3. The molecule has 2 N–H and O–H groups in total. The molecule has 0 bridgehead atoms. The number of aliphatic hydroxyl groups excluding tert-OH is 2. The van der Waals surface area contributed by atoms with Crippen LogP contribution in [0.5, 0.6) is 0 Å². The molecule has 0 radical (unpaired) electrons. The van der Waals surface area contributed by atoms with Gasteiger partial charge in [0.05, 0.1) is 12.2 Å². The Kier molecular flexibility index (Phi) is 7.83. The zero-order valence-electron chi connectivity index (χ0n) is 23.0. The molecule has 2 rings (SSSR count). The number of hydrogen-bond acceptors (Lipinski definition) is 2. The van der Waals surface area contributed by atoms with E-state index in [1.165, 1.54) is 6.42 Å². The maximum Gasteiger partial charge on any atom is 0.0606 e. The monoisotopic (exact) mass is 436 g/mol. The molecule has 0 heterocycles. The average Bonchev–Trinajstić information content (AvgIpc) is 2.53. The Balaban J connectivity index is 2.27. The van der Waals surface area contributed by atoms with Gasteiger partial charge in [-0.1, -0.05) is 83.1 Å². The summed E-state index contributed by atoms with van der Waals surface area (Å²) in [6.45, 7) is 27.7. The molecule has 31 heavy (non-hydrogen) atoms. The minimum atomic E-state index is -0.200. The second-order valence-electron chi connectivity index (χ2n) is 15.8. The van der Waals surface area contributed by atoms with Crippen molar-refractivity contribution in [2.45, 2.75) is 127 Å². The largest absolute Gasteiger partial charge is 0.393 e. The van der Waals surface area contributed by atoms with Crippen LogP contribution in [0.15, 0.2) is 0 Å². The van der Waals surface area contributed by atoms with Crippen molar-refractivity contribution in [1.29, 1.82) is 0 Å². The summed E-state index contributed by atoms with van der Waals surface area (Å²) in [5.41, 5.74) is 0.525. The Hall–Kier alpha value is -0.0800. The number of aliphatic hydroxyl groups is 2. The van der Waals surface area contributed by atoms with Gasteiger partial charge < -0.3 is 10.2 Å². The zero-order chi connectivity index (χ0) is 24.2. The number of hydrogen-bond donors (Lipinski definition) is 2. The lowest BCUT2D eigenvalue weighted by Gasteiger charge is -2.52. The minimum absolute atomic E-state index is 0.131. The van der Waals surface area contributed by atoms with Crippen LogP contribution in [0, 0.1) is 57.2 Å². The molecule has 0 aromatic rings. The molecule has 2 fully saturated rings. The average molecular weight is 437 g/mol. The summed E-state index contributed by atoms with van der Waals surface area (Å²) >= 11 is 0. The lowest BCUT2D eigenvalue weighted by Crippen LogP contribution is -2.49. The first kappa shape index (κ1) is 27.2. The van der Waals surface area contributed by atoms with Crippen LogP contribution in [-0.4, -0.2) is 22.4 Å². The van der Waals surface area contributed by atoms with E-state index in [-0.39, 0.29) is 33.9 Å². The summed E-state index contributed by atoms with van der Waals surface area (Å²) in [7, 11) is 0. The predicted octanol–water partition coefficient (Wildman–Crippen LogP) is 7.57. The van der Waals surface area contributed by atoms with Gasteiger partial charge in [0, 0.05) is 0 Å². The van der Waals surface area contributed by atoms with Gasteiger partial charge in [-0.25, -0.2) is 0 Å². The SMILES string of the molecule is CC(C)(C)C1CC(CC2CC(C(C)(C)C)C(O)[C@@H](C(C)(C)C)C2)CC(C(C)(C)C)C1O. The van der Waals surface area contributed by atoms with Gasteiger partial charge in [-0.15, -0.1) is 0 Å². The van der Waals surface area contributed by atoms with E-state index in [0.717, 1.165) is 25.7 Å². The standard InChI is InChI=1S/C29H56O2/c1-26(2,3)20-14-18(15-21(24(20)30)27(4,5)6)13-19-16-22(28(7,8)9)25(31)23(17-19)29(10,11)12/h18-25,30-31H,13-17H2,1-12H3/t18?,19?,20-,21?,22?,23?,24?,25?/m0/s1. The molecule has 0 saturated heterocycles. The first-order valence-electron chi connectivity index (χ1n) is 13.1. The summed E-state index contributed by atoms with van der Waals surface area (Å²) in [6, 6.07) is 0. The third kappa shape index (κ3) is 6.50. The molecule has 2 heteroatoms. The molecule has 2 nitrogen and oxygen atoms in total. The summed E-state index contributed by atoms with van der Waals surface area (Å²) < 4.78 is 0. The second kappa shape index (κ2) is 8.94. The third-order valence-corrected chi connectivity index (χ3v) is 9.11. The maximum atomic E-state index is 11.3. The van der Waals surface area contributed by atoms with Crippen molar-refractivity contribution < 1.29 is 10.2 Å². The molecule has 2 aliphatic carbocycles. The molecular weight excluding hydrogens is 380 g/mol.